The zero-order valence-electron chi connectivity index (χ0n) is 11.3. The Morgan fingerprint density at radius 1 is 1.50 bits per heavy atom. The molecule has 0 bridgehead atoms. The van der Waals surface area contributed by atoms with Crippen molar-refractivity contribution >= 4 is 11.6 Å². The van der Waals surface area contributed by atoms with Crippen molar-refractivity contribution in [2.45, 2.75) is 38.5 Å². The number of hydrogen-bond donors (Lipinski definition) is 1. The quantitative estimate of drug-likeness (QED) is 0.917. The van der Waals surface area contributed by atoms with Crippen LogP contribution in [0, 0.1) is 0 Å². The molecule has 0 amide bonds. The topological polar surface area (TPSA) is 47.3 Å². The zero-order chi connectivity index (χ0) is 14.1. The van der Waals surface area contributed by atoms with Gasteiger partial charge in [0.05, 0.1) is 24.3 Å². The molecule has 0 aliphatic heterocycles. The lowest BCUT2D eigenvalue weighted by Gasteiger charge is -2.14. The highest BCUT2D eigenvalue weighted by Crippen LogP contribution is 2.36. The van der Waals surface area contributed by atoms with Crippen molar-refractivity contribution in [2.24, 2.45) is 0 Å². The van der Waals surface area contributed by atoms with Crippen LogP contribution in [-0.4, -0.2) is 14.7 Å². The van der Waals surface area contributed by atoms with Gasteiger partial charge in [0.15, 0.2) is 0 Å². The second kappa shape index (κ2) is 5.46. The first-order chi connectivity index (χ1) is 9.65. The van der Waals surface area contributed by atoms with Gasteiger partial charge in [-0.1, -0.05) is 11.6 Å². The van der Waals surface area contributed by atoms with Gasteiger partial charge >= 0.3 is 0 Å². The molecule has 0 spiro atoms. The van der Waals surface area contributed by atoms with Crippen LogP contribution in [0.3, 0.4) is 0 Å². The Hall–Kier alpha value is -1.52. The summed E-state index contributed by atoms with van der Waals surface area (Å²) in [6, 6.07) is 5.88. The highest BCUT2D eigenvalue weighted by atomic mass is 35.5. The van der Waals surface area contributed by atoms with E-state index in [1.54, 1.807) is 25.1 Å². The number of imidazole rings is 1. The minimum atomic E-state index is -0.614. The average Bonchev–Trinajstić information content (AvgIpc) is 3.16. The van der Waals surface area contributed by atoms with Crippen LogP contribution in [-0.2, 0) is 6.61 Å². The van der Waals surface area contributed by atoms with Crippen molar-refractivity contribution < 1.29 is 9.84 Å². The zero-order valence-corrected chi connectivity index (χ0v) is 12.0. The highest BCUT2D eigenvalue weighted by Gasteiger charge is 2.25. The molecule has 1 aliphatic carbocycles. The van der Waals surface area contributed by atoms with Crippen LogP contribution in [0.1, 0.15) is 43.2 Å². The second-order valence-corrected chi connectivity index (χ2v) is 5.61. The van der Waals surface area contributed by atoms with E-state index in [0.29, 0.717) is 29.0 Å². The lowest BCUT2D eigenvalue weighted by molar-refractivity contribution is 0.189. The summed E-state index contributed by atoms with van der Waals surface area (Å²) in [7, 11) is 0. The monoisotopic (exact) mass is 292 g/mol. The van der Waals surface area contributed by atoms with Crippen molar-refractivity contribution in [3.05, 3.63) is 47.0 Å². The number of aromatic nitrogens is 2. The predicted octanol–water partition coefficient (Wildman–Crippen LogP) is 3.50. The molecule has 1 aromatic carbocycles. The SMILES string of the molecule is C[C@@H](O)c1cc(Cl)ccc1OCc1cncn1C1CC1. The van der Waals surface area contributed by atoms with Gasteiger partial charge in [0.1, 0.15) is 12.4 Å². The third-order valence-electron chi connectivity index (χ3n) is 3.48. The Kier molecular flexibility index (Phi) is 3.68. The van der Waals surface area contributed by atoms with Gasteiger partial charge in [-0.05, 0) is 38.0 Å². The fourth-order valence-electron chi connectivity index (χ4n) is 2.25. The van der Waals surface area contributed by atoms with Gasteiger partial charge in [-0.2, -0.15) is 0 Å². The van der Waals surface area contributed by atoms with Crippen LogP contribution >= 0.6 is 11.6 Å². The highest BCUT2D eigenvalue weighted by molar-refractivity contribution is 6.30. The lowest BCUT2D eigenvalue weighted by Crippen LogP contribution is -2.05. The Bertz CT molecular complexity index is 606. The fourth-order valence-corrected chi connectivity index (χ4v) is 2.43. The third-order valence-corrected chi connectivity index (χ3v) is 3.72. The van der Waals surface area contributed by atoms with Crippen LogP contribution in [0.4, 0.5) is 0 Å². The van der Waals surface area contributed by atoms with Crippen molar-refractivity contribution in [3.63, 3.8) is 0 Å². The molecule has 106 valence electrons. The summed E-state index contributed by atoms with van der Waals surface area (Å²) < 4.78 is 8.00. The maximum atomic E-state index is 9.78. The van der Waals surface area contributed by atoms with E-state index in [-0.39, 0.29) is 0 Å². The van der Waals surface area contributed by atoms with Crippen LogP contribution in [0.15, 0.2) is 30.7 Å². The molecule has 20 heavy (non-hydrogen) atoms. The molecule has 1 heterocycles. The molecule has 5 heteroatoms. The molecule has 4 nitrogen and oxygen atoms in total. The predicted molar refractivity (Wildman–Crippen MR) is 76.9 cm³/mol. The van der Waals surface area contributed by atoms with Crippen LogP contribution < -0.4 is 4.74 Å². The first-order valence-corrected chi connectivity index (χ1v) is 7.14. The summed E-state index contributed by atoms with van der Waals surface area (Å²) in [4.78, 5) is 4.18. The number of aliphatic hydroxyl groups is 1. The Morgan fingerprint density at radius 2 is 2.30 bits per heavy atom. The number of ether oxygens (including phenoxy) is 1. The van der Waals surface area contributed by atoms with Gasteiger partial charge < -0.3 is 14.4 Å². The minimum absolute atomic E-state index is 0.442. The normalized spacial score (nSPS) is 16.1. The van der Waals surface area contributed by atoms with Crippen LogP contribution in [0.25, 0.3) is 0 Å². The first kappa shape index (κ1) is 13.5. The van der Waals surface area contributed by atoms with E-state index in [9.17, 15) is 5.11 Å². The second-order valence-electron chi connectivity index (χ2n) is 5.17. The van der Waals surface area contributed by atoms with E-state index in [1.165, 1.54) is 12.8 Å². The standard InChI is InChI=1S/C15H17ClN2O2/c1-10(19)14-6-11(16)2-5-15(14)20-8-13-7-17-9-18(13)12-3-4-12/h2,5-7,9-10,12,19H,3-4,8H2,1H3/t10-/m1/s1. The van der Waals surface area contributed by atoms with E-state index >= 15 is 0 Å². The molecule has 0 saturated heterocycles. The Morgan fingerprint density at radius 3 is 3.00 bits per heavy atom. The van der Waals surface area contributed by atoms with E-state index in [2.05, 4.69) is 9.55 Å². The van der Waals surface area contributed by atoms with Gasteiger partial charge in [-0.25, -0.2) is 4.98 Å². The molecular weight excluding hydrogens is 276 g/mol. The average molecular weight is 293 g/mol. The number of aliphatic hydroxyl groups excluding tert-OH is 1. The molecule has 0 radical (unpaired) electrons. The molecule has 1 aliphatic rings. The van der Waals surface area contributed by atoms with Crippen molar-refractivity contribution in [2.75, 3.05) is 0 Å². The van der Waals surface area contributed by atoms with Gasteiger partial charge in [-0.3, -0.25) is 0 Å². The van der Waals surface area contributed by atoms with E-state index in [1.807, 2.05) is 12.5 Å². The molecule has 3 rings (SSSR count). The molecule has 1 fully saturated rings. The Balaban J connectivity index is 1.76. The summed E-state index contributed by atoms with van der Waals surface area (Å²) in [5.41, 5.74) is 1.76. The van der Waals surface area contributed by atoms with Crippen molar-refractivity contribution in [1.82, 2.24) is 9.55 Å². The van der Waals surface area contributed by atoms with Gasteiger partial charge in [0.2, 0.25) is 0 Å². The van der Waals surface area contributed by atoms with Crippen LogP contribution in [0.2, 0.25) is 5.02 Å². The molecule has 2 aromatic rings. The molecule has 1 atom stereocenters. The van der Waals surface area contributed by atoms with Gasteiger partial charge in [0.25, 0.3) is 0 Å². The van der Waals surface area contributed by atoms with E-state index in [0.717, 1.165) is 5.69 Å². The third kappa shape index (κ3) is 2.81. The fraction of sp³-hybridized carbons (Fsp3) is 0.400. The largest absolute Gasteiger partial charge is 0.487 e. The van der Waals surface area contributed by atoms with Gasteiger partial charge in [0, 0.05) is 16.6 Å². The van der Waals surface area contributed by atoms with Crippen molar-refractivity contribution in [1.29, 1.82) is 0 Å². The molecule has 1 saturated carbocycles. The summed E-state index contributed by atoms with van der Waals surface area (Å²) >= 11 is 5.95. The molecule has 0 unspecified atom stereocenters. The summed E-state index contributed by atoms with van der Waals surface area (Å²) in [6.45, 7) is 2.14. The molecule has 1 aromatic heterocycles. The summed E-state index contributed by atoms with van der Waals surface area (Å²) in [6.07, 6.45) is 5.49. The minimum Gasteiger partial charge on any atom is -0.487 e. The first-order valence-electron chi connectivity index (χ1n) is 6.76. The van der Waals surface area contributed by atoms with Crippen LogP contribution in [0.5, 0.6) is 5.75 Å². The number of nitrogens with zero attached hydrogens (tertiary/aromatic N) is 2. The Labute approximate surface area is 123 Å². The lowest BCUT2D eigenvalue weighted by atomic mass is 10.1. The maximum absolute atomic E-state index is 9.78. The number of hydrogen-bond acceptors (Lipinski definition) is 3. The smallest absolute Gasteiger partial charge is 0.130 e. The van der Waals surface area contributed by atoms with Gasteiger partial charge in [-0.15, -0.1) is 0 Å². The number of rotatable bonds is 5. The van der Waals surface area contributed by atoms with E-state index < -0.39 is 6.10 Å². The summed E-state index contributed by atoms with van der Waals surface area (Å²) in [5, 5.41) is 10.4. The molecule has 1 N–H and O–H groups in total. The molecular formula is C15H17ClN2O2. The number of benzene rings is 1. The number of halogens is 1. The summed E-state index contributed by atoms with van der Waals surface area (Å²) in [5.74, 6) is 0.660. The van der Waals surface area contributed by atoms with E-state index in [4.69, 9.17) is 16.3 Å². The maximum Gasteiger partial charge on any atom is 0.130 e. The van der Waals surface area contributed by atoms with Crippen molar-refractivity contribution in [3.8, 4) is 5.75 Å².